The highest BCUT2D eigenvalue weighted by Crippen LogP contribution is 2.40. The quantitative estimate of drug-likeness (QED) is 0.746. The van der Waals surface area contributed by atoms with Crippen LogP contribution in [-0.4, -0.2) is 38.0 Å². The largest absolute Gasteiger partial charge is 0.342 e. The van der Waals surface area contributed by atoms with Crippen molar-refractivity contribution in [3.05, 3.63) is 42.5 Å². The predicted octanol–water partition coefficient (Wildman–Crippen LogP) is 1.59. The van der Waals surface area contributed by atoms with E-state index in [1.54, 1.807) is 18.6 Å². The van der Waals surface area contributed by atoms with E-state index in [1.807, 2.05) is 18.2 Å². The van der Waals surface area contributed by atoms with Crippen LogP contribution >= 0.6 is 0 Å². The molecule has 1 aliphatic heterocycles. The molecule has 7 nitrogen and oxygen atoms in total. The van der Waals surface area contributed by atoms with Crippen LogP contribution in [0.5, 0.6) is 0 Å². The molecule has 1 aliphatic rings. The first-order valence-corrected chi connectivity index (χ1v) is 7.78. The molecule has 4 heterocycles. The van der Waals surface area contributed by atoms with Gasteiger partial charge in [-0.3, -0.25) is 10.1 Å². The molecule has 23 heavy (non-hydrogen) atoms. The Labute approximate surface area is 133 Å². The van der Waals surface area contributed by atoms with Gasteiger partial charge in [-0.25, -0.2) is 0 Å². The molecule has 4 rings (SSSR count). The van der Waals surface area contributed by atoms with Gasteiger partial charge in [0.15, 0.2) is 5.82 Å². The molecule has 2 unspecified atom stereocenters. The number of aromatic amines is 1. The van der Waals surface area contributed by atoms with Crippen LogP contribution in [-0.2, 0) is 5.54 Å². The molecular formula is C16H19N7. The van der Waals surface area contributed by atoms with Crippen molar-refractivity contribution in [2.24, 2.45) is 5.73 Å². The highest BCUT2D eigenvalue weighted by molar-refractivity contribution is 5.87. The maximum atomic E-state index is 6.26. The number of hydrogen-bond donors (Lipinski definition) is 2. The van der Waals surface area contributed by atoms with Gasteiger partial charge in [0.2, 0.25) is 0 Å². The first-order chi connectivity index (χ1) is 11.2. The second kappa shape index (κ2) is 5.27. The number of pyridine rings is 1. The average molecular weight is 309 g/mol. The van der Waals surface area contributed by atoms with E-state index < -0.39 is 0 Å². The number of rotatable bonds is 2. The summed E-state index contributed by atoms with van der Waals surface area (Å²) in [6.45, 7) is 2.98. The zero-order valence-electron chi connectivity index (χ0n) is 13.0. The minimum absolute atomic E-state index is 0.149. The van der Waals surface area contributed by atoms with Gasteiger partial charge in [0.1, 0.15) is 5.52 Å². The number of nitrogens with two attached hydrogens (primary N) is 1. The van der Waals surface area contributed by atoms with Gasteiger partial charge in [-0.15, -0.1) is 5.10 Å². The number of aromatic nitrogens is 5. The molecule has 0 aliphatic carbocycles. The van der Waals surface area contributed by atoms with Crippen LogP contribution in [0, 0.1) is 0 Å². The third kappa shape index (κ3) is 2.24. The lowest BCUT2D eigenvalue weighted by molar-refractivity contribution is 0.301. The number of hydrogen-bond acceptors (Lipinski definition) is 6. The molecule has 1 saturated heterocycles. The van der Waals surface area contributed by atoms with Crippen molar-refractivity contribution in [3.8, 4) is 0 Å². The maximum absolute atomic E-state index is 6.26. The molecule has 0 radical (unpaired) electrons. The van der Waals surface area contributed by atoms with Crippen molar-refractivity contribution in [1.29, 1.82) is 0 Å². The molecule has 1 fully saturated rings. The fourth-order valence-corrected chi connectivity index (χ4v) is 3.50. The van der Waals surface area contributed by atoms with Crippen molar-refractivity contribution >= 4 is 16.7 Å². The Hall–Kier alpha value is -2.54. The Kier molecular flexibility index (Phi) is 3.23. The number of piperidine rings is 1. The smallest absolute Gasteiger partial charge is 0.178 e. The van der Waals surface area contributed by atoms with E-state index in [0.717, 1.165) is 41.8 Å². The monoisotopic (exact) mass is 309 g/mol. The fourth-order valence-electron chi connectivity index (χ4n) is 3.50. The second-order valence-electron chi connectivity index (χ2n) is 6.26. The van der Waals surface area contributed by atoms with Gasteiger partial charge in [-0.2, -0.15) is 10.2 Å². The van der Waals surface area contributed by atoms with Crippen LogP contribution in [0.1, 0.15) is 25.5 Å². The summed E-state index contributed by atoms with van der Waals surface area (Å²) in [5.74, 6) is 0.798. The topological polar surface area (TPSA) is 96.6 Å². The summed E-state index contributed by atoms with van der Waals surface area (Å²) in [4.78, 5) is 6.78. The summed E-state index contributed by atoms with van der Waals surface area (Å²) in [5, 5.41) is 16.8. The van der Waals surface area contributed by atoms with E-state index in [9.17, 15) is 0 Å². The lowest BCUT2D eigenvalue weighted by Gasteiger charge is -2.46. The predicted molar refractivity (Wildman–Crippen MR) is 87.8 cm³/mol. The molecule has 0 saturated carbocycles. The van der Waals surface area contributed by atoms with Gasteiger partial charge in [-0.05, 0) is 38.0 Å². The van der Waals surface area contributed by atoms with Crippen LogP contribution in [0.2, 0.25) is 0 Å². The van der Waals surface area contributed by atoms with E-state index in [2.05, 4.69) is 37.2 Å². The van der Waals surface area contributed by atoms with Crippen LogP contribution in [0.4, 0.5) is 5.82 Å². The average Bonchev–Trinajstić information content (AvgIpc) is 3.10. The number of nitrogens with zero attached hydrogens (tertiary/aromatic N) is 5. The lowest BCUT2D eigenvalue weighted by Crippen LogP contribution is -2.54. The summed E-state index contributed by atoms with van der Waals surface area (Å²) in [7, 11) is 0. The maximum Gasteiger partial charge on any atom is 0.178 e. The van der Waals surface area contributed by atoms with Gasteiger partial charge >= 0.3 is 0 Å². The number of nitrogens with one attached hydrogen (secondary N) is 1. The highest BCUT2D eigenvalue weighted by Gasteiger charge is 2.41. The summed E-state index contributed by atoms with van der Waals surface area (Å²) in [6, 6.07) is 6.06. The molecule has 3 N–H and O–H groups in total. The zero-order chi connectivity index (χ0) is 15.9. The molecule has 0 spiro atoms. The van der Waals surface area contributed by atoms with Crippen molar-refractivity contribution < 1.29 is 0 Å². The molecule has 118 valence electrons. The molecule has 0 bridgehead atoms. The molecule has 3 aromatic heterocycles. The molecule has 0 aromatic carbocycles. The number of anilines is 1. The van der Waals surface area contributed by atoms with E-state index >= 15 is 0 Å². The standard InChI is InChI=1S/C16H19N7/c1-16(13-4-7-19-21-13)9-12(17)5-8-23(16)15-14-11(10-20-22-15)3-2-6-18-14/h2-4,6-7,10,12H,5,8-9,17H2,1H3,(H,19,21). The SMILES string of the molecule is CC1(c2ccn[nH]2)CC(N)CCN1c1nncc2cccnc12. The molecule has 0 amide bonds. The first-order valence-electron chi connectivity index (χ1n) is 7.78. The summed E-state index contributed by atoms with van der Waals surface area (Å²) in [5.41, 5.74) is 7.84. The van der Waals surface area contributed by atoms with Gasteiger partial charge in [0, 0.05) is 30.4 Å². The third-order valence-corrected chi connectivity index (χ3v) is 4.72. The summed E-state index contributed by atoms with van der Waals surface area (Å²) in [6.07, 6.45) is 7.03. The minimum Gasteiger partial charge on any atom is -0.342 e. The highest BCUT2D eigenvalue weighted by atomic mass is 15.3. The molecule has 3 aromatic rings. The summed E-state index contributed by atoms with van der Waals surface area (Å²) < 4.78 is 0. The fraction of sp³-hybridized carbons (Fsp3) is 0.375. The minimum atomic E-state index is -0.311. The number of fused-ring (bicyclic) bond motifs is 1. The van der Waals surface area contributed by atoms with Gasteiger partial charge in [0.05, 0.1) is 17.4 Å². The second-order valence-corrected chi connectivity index (χ2v) is 6.26. The van der Waals surface area contributed by atoms with Crippen molar-refractivity contribution in [3.63, 3.8) is 0 Å². The van der Waals surface area contributed by atoms with E-state index in [4.69, 9.17) is 5.73 Å². The van der Waals surface area contributed by atoms with E-state index in [1.165, 1.54) is 0 Å². The Morgan fingerprint density at radius 1 is 1.35 bits per heavy atom. The Bertz CT molecular complexity index is 811. The molecule has 7 heteroatoms. The third-order valence-electron chi connectivity index (χ3n) is 4.72. The molecular weight excluding hydrogens is 290 g/mol. The van der Waals surface area contributed by atoms with Gasteiger partial charge in [-0.1, -0.05) is 0 Å². The summed E-state index contributed by atoms with van der Waals surface area (Å²) >= 11 is 0. The Morgan fingerprint density at radius 2 is 2.26 bits per heavy atom. The Balaban J connectivity index is 1.88. The van der Waals surface area contributed by atoms with E-state index in [0.29, 0.717) is 0 Å². The molecule has 2 atom stereocenters. The van der Waals surface area contributed by atoms with Crippen molar-refractivity contribution in [2.45, 2.75) is 31.3 Å². The van der Waals surface area contributed by atoms with Crippen LogP contribution < -0.4 is 10.6 Å². The van der Waals surface area contributed by atoms with Crippen molar-refractivity contribution in [2.75, 3.05) is 11.4 Å². The van der Waals surface area contributed by atoms with Gasteiger partial charge < -0.3 is 10.6 Å². The normalized spacial score (nSPS) is 25.0. The van der Waals surface area contributed by atoms with Gasteiger partial charge in [0.25, 0.3) is 0 Å². The van der Waals surface area contributed by atoms with E-state index in [-0.39, 0.29) is 11.6 Å². The van der Waals surface area contributed by atoms with Crippen LogP contribution in [0.15, 0.2) is 36.8 Å². The number of H-pyrrole nitrogens is 1. The lowest BCUT2D eigenvalue weighted by atomic mass is 9.83. The first kappa shape index (κ1) is 14.1. The van der Waals surface area contributed by atoms with Crippen LogP contribution in [0.3, 0.4) is 0 Å². The van der Waals surface area contributed by atoms with Crippen LogP contribution in [0.25, 0.3) is 10.9 Å². The Morgan fingerprint density at radius 3 is 3.09 bits per heavy atom. The van der Waals surface area contributed by atoms with Crippen molar-refractivity contribution in [1.82, 2.24) is 25.4 Å². The zero-order valence-corrected chi connectivity index (χ0v) is 13.0.